The van der Waals surface area contributed by atoms with E-state index in [4.69, 9.17) is 0 Å². The molecule has 25 heavy (non-hydrogen) atoms. The summed E-state index contributed by atoms with van der Waals surface area (Å²) >= 11 is 0. The first-order valence-corrected chi connectivity index (χ1v) is 8.99. The molecule has 0 aromatic heterocycles. The van der Waals surface area contributed by atoms with Crippen LogP contribution in [0.15, 0.2) is 42.5 Å². The van der Waals surface area contributed by atoms with Crippen LogP contribution in [-0.4, -0.2) is 35.7 Å². The Bertz CT molecular complexity index is 698. The van der Waals surface area contributed by atoms with E-state index in [1.54, 1.807) is 0 Å². The summed E-state index contributed by atoms with van der Waals surface area (Å²) < 4.78 is 0. The maximum atomic E-state index is 12.5. The number of imide groups is 1. The molecule has 1 aliphatic heterocycles. The minimum atomic E-state index is -0.177. The topological polar surface area (TPSA) is 66.5 Å². The SMILES string of the molecule is O=C(CCN1C(=O)[C@@H]2[C@H](C1=O)[C@H]1C=C[C@H]2C1)NCCc1ccccc1. The molecule has 2 fully saturated rings. The van der Waals surface area contributed by atoms with E-state index >= 15 is 0 Å². The second-order valence-electron chi connectivity index (χ2n) is 7.16. The molecular formula is C20H22N2O3. The normalized spacial score (nSPS) is 29.4. The molecule has 4 atom stereocenters. The molecule has 1 heterocycles. The minimum Gasteiger partial charge on any atom is -0.356 e. The van der Waals surface area contributed by atoms with Crippen LogP contribution in [0, 0.1) is 23.7 Å². The van der Waals surface area contributed by atoms with Crippen LogP contribution in [0.2, 0.25) is 0 Å². The highest BCUT2D eigenvalue weighted by Crippen LogP contribution is 2.52. The maximum absolute atomic E-state index is 12.5. The molecule has 1 aromatic rings. The zero-order valence-electron chi connectivity index (χ0n) is 14.1. The summed E-state index contributed by atoms with van der Waals surface area (Å²) in [5, 5.41) is 2.86. The lowest BCUT2D eigenvalue weighted by Gasteiger charge is -2.16. The standard InChI is InChI=1S/C20H22N2O3/c23-16(21-10-8-13-4-2-1-3-5-13)9-11-22-19(24)17-14-6-7-15(12-14)18(17)20(22)25/h1-7,14-15,17-18H,8-12H2,(H,21,23)/t14-,15-,17-,18+/m0/s1. The number of likely N-dealkylation sites (tertiary alicyclic amines) is 1. The fourth-order valence-corrected chi connectivity index (χ4v) is 4.48. The van der Waals surface area contributed by atoms with E-state index in [9.17, 15) is 14.4 Å². The van der Waals surface area contributed by atoms with Crippen molar-refractivity contribution in [2.24, 2.45) is 23.7 Å². The Labute approximate surface area is 147 Å². The Balaban J connectivity index is 1.25. The van der Waals surface area contributed by atoms with Gasteiger partial charge in [0.15, 0.2) is 0 Å². The van der Waals surface area contributed by atoms with E-state index in [0.717, 1.165) is 12.8 Å². The summed E-state index contributed by atoms with van der Waals surface area (Å²) in [4.78, 5) is 38.4. The van der Waals surface area contributed by atoms with E-state index in [0.29, 0.717) is 6.54 Å². The highest BCUT2D eigenvalue weighted by molar-refractivity contribution is 6.06. The highest BCUT2D eigenvalue weighted by atomic mass is 16.2. The molecule has 4 rings (SSSR count). The van der Waals surface area contributed by atoms with Crippen LogP contribution in [0.3, 0.4) is 0 Å². The van der Waals surface area contributed by atoms with Gasteiger partial charge in [-0.15, -0.1) is 0 Å². The van der Waals surface area contributed by atoms with Gasteiger partial charge in [-0.25, -0.2) is 0 Å². The molecule has 1 saturated carbocycles. The molecule has 1 N–H and O–H groups in total. The van der Waals surface area contributed by atoms with Crippen LogP contribution in [0.4, 0.5) is 0 Å². The van der Waals surface area contributed by atoms with Gasteiger partial charge >= 0.3 is 0 Å². The molecule has 1 saturated heterocycles. The lowest BCUT2D eigenvalue weighted by Crippen LogP contribution is -2.37. The van der Waals surface area contributed by atoms with Gasteiger partial charge in [-0.1, -0.05) is 42.5 Å². The second kappa shape index (κ2) is 6.47. The fraction of sp³-hybridized carbons (Fsp3) is 0.450. The molecule has 3 aliphatic rings. The Hall–Kier alpha value is -2.43. The lowest BCUT2D eigenvalue weighted by molar-refractivity contribution is -0.141. The van der Waals surface area contributed by atoms with E-state index in [1.165, 1.54) is 10.5 Å². The van der Waals surface area contributed by atoms with Crippen molar-refractivity contribution in [1.29, 1.82) is 0 Å². The first-order chi connectivity index (χ1) is 12.1. The quantitative estimate of drug-likeness (QED) is 0.632. The molecule has 0 unspecified atom stereocenters. The third-order valence-corrected chi connectivity index (χ3v) is 5.70. The zero-order valence-corrected chi connectivity index (χ0v) is 14.1. The van der Waals surface area contributed by atoms with Gasteiger partial charge in [0.1, 0.15) is 0 Å². The van der Waals surface area contributed by atoms with Gasteiger partial charge in [-0.05, 0) is 30.2 Å². The number of carbonyl (C=O) groups is 3. The van der Waals surface area contributed by atoms with Crippen molar-refractivity contribution in [3.05, 3.63) is 48.0 Å². The Morgan fingerprint density at radius 3 is 2.32 bits per heavy atom. The van der Waals surface area contributed by atoms with E-state index in [-0.39, 0.29) is 54.4 Å². The molecular weight excluding hydrogens is 316 g/mol. The predicted molar refractivity (Wildman–Crippen MR) is 92.2 cm³/mol. The lowest BCUT2D eigenvalue weighted by atomic mass is 9.85. The predicted octanol–water partition coefficient (Wildman–Crippen LogP) is 1.54. The summed E-state index contributed by atoms with van der Waals surface area (Å²) in [6.07, 6.45) is 6.04. The van der Waals surface area contributed by atoms with Crippen LogP contribution >= 0.6 is 0 Å². The number of fused-ring (bicyclic) bond motifs is 5. The number of rotatable bonds is 6. The molecule has 130 valence electrons. The van der Waals surface area contributed by atoms with Crippen molar-refractivity contribution in [3.63, 3.8) is 0 Å². The third-order valence-electron chi connectivity index (χ3n) is 5.70. The van der Waals surface area contributed by atoms with Crippen LogP contribution in [0.5, 0.6) is 0 Å². The summed E-state index contributed by atoms with van der Waals surface area (Å²) in [5.41, 5.74) is 1.17. The van der Waals surface area contributed by atoms with Crippen molar-refractivity contribution in [1.82, 2.24) is 10.2 Å². The number of nitrogens with one attached hydrogen (secondary N) is 1. The average Bonchev–Trinajstić information content (AvgIpc) is 3.29. The third kappa shape index (κ3) is 2.88. The largest absolute Gasteiger partial charge is 0.356 e. The Kier molecular flexibility index (Phi) is 4.15. The summed E-state index contributed by atoms with van der Waals surface area (Å²) in [7, 11) is 0. The van der Waals surface area contributed by atoms with Crippen molar-refractivity contribution in [2.75, 3.05) is 13.1 Å². The maximum Gasteiger partial charge on any atom is 0.233 e. The first-order valence-electron chi connectivity index (χ1n) is 8.99. The molecule has 5 heteroatoms. The van der Waals surface area contributed by atoms with Crippen LogP contribution < -0.4 is 5.32 Å². The smallest absolute Gasteiger partial charge is 0.233 e. The van der Waals surface area contributed by atoms with Crippen molar-refractivity contribution < 1.29 is 14.4 Å². The molecule has 1 aromatic carbocycles. The monoisotopic (exact) mass is 338 g/mol. The van der Waals surface area contributed by atoms with Gasteiger partial charge in [0.2, 0.25) is 17.7 Å². The van der Waals surface area contributed by atoms with Gasteiger partial charge in [0.05, 0.1) is 11.8 Å². The van der Waals surface area contributed by atoms with Crippen LogP contribution in [-0.2, 0) is 20.8 Å². The zero-order chi connectivity index (χ0) is 17.4. The van der Waals surface area contributed by atoms with Crippen LogP contribution in [0.1, 0.15) is 18.4 Å². The first kappa shape index (κ1) is 16.1. The van der Waals surface area contributed by atoms with E-state index in [1.807, 2.05) is 30.3 Å². The number of amides is 3. The summed E-state index contributed by atoms with van der Waals surface area (Å²) in [5.74, 6) is -0.192. The van der Waals surface area contributed by atoms with Gasteiger partial charge in [-0.2, -0.15) is 0 Å². The summed E-state index contributed by atoms with van der Waals surface area (Å²) in [6, 6.07) is 9.95. The molecule has 2 bridgehead atoms. The number of allylic oxidation sites excluding steroid dienone is 2. The Morgan fingerprint density at radius 2 is 1.68 bits per heavy atom. The van der Waals surface area contributed by atoms with Crippen molar-refractivity contribution in [3.8, 4) is 0 Å². The number of carbonyl (C=O) groups excluding carboxylic acids is 3. The van der Waals surface area contributed by atoms with Gasteiger partial charge < -0.3 is 5.32 Å². The fourth-order valence-electron chi connectivity index (χ4n) is 4.48. The summed E-state index contributed by atoms with van der Waals surface area (Å²) in [6.45, 7) is 0.755. The molecule has 3 amide bonds. The molecule has 0 radical (unpaired) electrons. The molecule has 5 nitrogen and oxygen atoms in total. The van der Waals surface area contributed by atoms with Crippen LogP contribution in [0.25, 0.3) is 0 Å². The second-order valence-corrected chi connectivity index (χ2v) is 7.16. The number of hydrogen-bond acceptors (Lipinski definition) is 3. The van der Waals surface area contributed by atoms with E-state index in [2.05, 4.69) is 17.5 Å². The number of hydrogen-bond donors (Lipinski definition) is 1. The number of nitrogens with zero attached hydrogens (tertiary/aromatic N) is 1. The number of benzene rings is 1. The van der Waals surface area contributed by atoms with Crippen molar-refractivity contribution in [2.45, 2.75) is 19.3 Å². The van der Waals surface area contributed by atoms with Gasteiger partial charge in [0, 0.05) is 19.5 Å². The van der Waals surface area contributed by atoms with Gasteiger partial charge in [-0.3, -0.25) is 19.3 Å². The Morgan fingerprint density at radius 1 is 1.04 bits per heavy atom. The average molecular weight is 338 g/mol. The molecule has 0 spiro atoms. The molecule has 2 aliphatic carbocycles. The van der Waals surface area contributed by atoms with Crippen molar-refractivity contribution >= 4 is 17.7 Å². The van der Waals surface area contributed by atoms with Gasteiger partial charge in [0.25, 0.3) is 0 Å². The highest BCUT2D eigenvalue weighted by Gasteiger charge is 2.58. The minimum absolute atomic E-state index is 0.0797. The van der Waals surface area contributed by atoms with E-state index < -0.39 is 0 Å².